The van der Waals surface area contributed by atoms with Gasteiger partial charge in [-0.15, -0.1) is 0 Å². The molecule has 5 heteroatoms. The van der Waals surface area contributed by atoms with Crippen LogP contribution in [0.5, 0.6) is 5.75 Å². The van der Waals surface area contributed by atoms with E-state index in [1.54, 1.807) is 7.11 Å². The SMILES string of the molecule is COc1cccc(/C=c2\sc3n(c2=O)[C@H](c2ccccc2)C2=C(N=3)c3ccccc3CC2)c1. The molecule has 162 valence electrons. The summed E-state index contributed by atoms with van der Waals surface area (Å²) in [5, 5.41) is 0. The molecule has 1 aliphatic heterocycles. The van der Waals surface area contributed by atoms with Gasteiger partial charge in [-0.2, -0.15) is 0 Å². The zero-order valence-corrected chi connectivity index (χ0v) is 19.0. The molecule has 1 aliphatic carbocycles. The molecule has 4 aromatic rings. The predicted molar refractivity (Wildman–Crippen MR) is 132 cm³/mol. The lowest BCUT2D eigenvalue weighted by molar-refractivity contribution is 0.414. The number of hydrogen-bond acceptors (Lipinski definition) is 4. The fourth-order valence-electron chi connectivity index (χ4n) is 4.84. The average molecular weight is 451 g/mol. The van der Waals surface area contributed by atoms with Crippen LogP contribution in [0.3, 0.4) is 0 Å². The van der Waals surface area contributed by atoms with E-state index in [9.17, 15) is 4.79 Å². The first-order chi connectivity index (χ1) is 16.2. The van der Waals surface area contributed by atoms with Crippen LogP contribution in [0.4, 0.5) is 0 Å². The summed E-state index contributed by atoms with van der Waals surface area (Å²) in [4.78, 5) is 19.5. The molecule has 0 unspecified atom stereocenters. The maximum Gasteiger partial charge on any atom is 0.271 e. The maximum absolute atomic E-state index is 13.7. The van der Waals surface area contributed by atoms with E-state index in [1.165, 1.54) is 28.0 Å². The number of aryl methyl sites for hydroxylation is 1. The van der Waals surface area contributed by atoms with E-state index in [2.05, 4.69) is 36.4 Å². The lowest BCUT2D eigenvalue weighted by atomic mass is 9.83. The van der Waals surface area contributed by atoms with Crippen LogP contribution in [0.2, 0.25) is 0 Å². The van der Waals surface area contributed by atoms with E-state index >= 15 is 0 Å². The number of hydrogen-bond donors (Lipinski definition) is 0. The highest BCUT2D eigenvalue weighted by Crippen LogP contribution is 2.41. The van der Waals surface area contributed by atoms with Crippen LogP contribution in [-0.4, -0.2) is 11.7 Å². The Morgan fingerprint density at radius 3 is 2.67 bits per heavy atom. The van der Waals surface area contributed by atoms with Crippen LogP contribution in [0.25, 0.3) is 11.8 Å². The van der Waals surface area contributed by atoms with Crippen molar-refractivity contribution in [2.75, 3.05) is 7.11 Å². The van der Waals surface area contributed by atoms with Gasteiger partial charge in [0.05, 0.1) is 23.4 Å². The predicted octanol–water partition coefficient (Wildman–Crippen LogP) is 4.33. The molecule has 4 nitrogen and oxygen atoms in total. The summed E-state index contributed by atoms with van der Waals surface area (Å²) < 4.78 is 7.92. The van der Waals surface area contributed by atoms with Gasteiger partial charge in [-0.05, 0) is 53.3 Å². The summed E-state index contributed by atoms with van der Waals surface area (Å²) in [6, 6.07) is 26.4. The smallest absolute Gasteiger partial charge is 0.271 e. The van der Waals surface area contributed by atoms with Gasteiger partial charge in [-0.1, -0.05) is 78.1 Å². The third-order valence-corrected chi connectivity index (χ3v) is 7.36. The Morgan fingerprint density at radius 2 is 1.82 bits per heavy atom. The molecule has 0 fully saturated rings. The molecule has 1 aromatic heterocycles. The molecular weight excluding hydrogens is 428 g/mol. The number of thiazole rings is 1. The Bertz CT molecular complexity index is 1580. The van der Waals surface area contributed by atoms with Crippen LogP contribution in [0.15, 0.2) is 94.2 Å². The van der Waals surface area contributed by atoms with Gasteiger partial charge in [-0.25, -0.2) is 4.99 Å². The number of ether oxygens (including phenoxy) is 1. The molecule has 6 rings (SSSR count). The summed E-state index contributed by atoms with van der Waals surface area (Å²) in [5.41, 5.74) is 6.81. The van der Waals surface area contributed by atoms with Gasteiger partial charge in [0.2, 0.25) is 0 Å². The molecule has 33 heavy (non-hydrogen) atoms. The van der Waals surface area contributed by atoms with E-state index in [4.69, 9.17) is 9.73 Å². The van der Waals surface area contributed by atoms with Crippen molar-refractivity contribution in [2.24, 2.45) is 4.99 Å². The van der Waals surface area contributed by atoms with E-state index in [1.807, 2.05) is 53.1 Å². The fraction of sp³-hybridized carbons (Fsp3) is 0.143. The first-order valence-corrected chi connectivity index (χ1v) is 11.9. The van der Waals surface area contributed by atoms with Crippen molar-refractivity contribution < 1.29 is 4.74 Å². The number of aromatic nitrogens is 1. The van der Waals surface area contributed by atoms with Gasteiger partial charge < -0.3 is 4.74 Å². The fourth-order valence-corrected chi connectivity index (χ4v) is 5.84. The molecule has 0 saturated heterocycles. The molecule has 3 aromatic carbocycles. The lowest BCUT2D eigenvalue weighted by Crippen LogP contribution is -2.38. The highest BCUT2D eigenvalue weighted by Gasteiger charge is 2.32. The topological polar surface area (TPSA) is 43.6 Å². The van der Waals surface area contributed by atoms with Crippen LogP contribution < -0.4 is 19.6 Å². The van der Waals surface area contributed by atoms with Gasteiger partial charge in [0.15, 0.2) is 4.80 Å². The monoisotopic (exact) mass is 450 g/mol. The Kier molecular flexibility index (Phi) is 4.84. The Hall–Kier alpha value is -3.70. The van der Waals surface area contributed by atoms with Crippen LogP contribution >= 0.6 is 11.3 Å². The standard InChI is InChI=1S/C28H22N2O2S/c1-32-21-12-7-8-18(16-21)17-24-27(31)30-26(20-10-3-2-4-11-20)23-15-14-19-9-5-6-13-22(19)25(23)29-28(30)33-24/h2-13,16-17,26H,14-15H2,1H3/b24-17-/t26-/m1/s1. The Balaban J connectivity index is 1.61. The summed E-state index contributed by atoms with van der Waals surface area (Å²) >= 11 is 1.45. The quantitative estimate of drug-likeness (QED) is 0.466. The zero-order chi connectivity index (χ0) is 22.4. The second kappa shape index (κ2) is 8.01. The second-order valence-electron chi connectivity index (χ2n) is 8.30. The summed E-state index contributed by atoms with van der Waals surface area (Å²) in [5.74, 6) is 0.769. The van der Waals surface area contributed by atoms with Crippen LogP contribution in [-0.2, 0) is 6.42 Å². The third-order valence-electron chi connectivity index (χ3n) is 6.38. The second-order valence-corrected chi connectivity index (χ2v) is 9.31. The van der Waals surface area contributed by atoms with Crippen LogP contribution in [0, 0.1) is 0 Å². The highest BCUT2D eigenvalue weighted by molar-refractivity contribution is 7.07. The van der Waals surface area contributed by atoms with Crippen LogP contribution in [0.1, 0.15) is 34.7 Å². The molecule has 0 amide bonds. The number of fused-ring (bicyclic) bond motifs is 3. The molecule has 0 radical (unpaired) electrons. The van der Waals surface area contributed by atoms with E-state index in [0.29, 0.717) is 4.53 Å². The normalized spacial score (nSPS) is 17.1. The molecule has 2 aliphatic rings. The minimum Gasteiger partial charge on any atom is -0.497 e. The number of methoxy groups -OCH3 is 1. The first kappa shape index (κ1) is 19.9. The van der Waals surface area contributed by atoms with E-state index < -0.39 is 0 Å². The van der Waals surface area contributed by atoms with Crippen molar-refractivity contribution in [3.8, 4) is 5.75 Å². The molecular formula is C28H22N2O2S. The van der Waals surface area contributed by atoms with Crippen molar-refractivity contribution >= 4 is 23.1 Å². The molecule has 1 atom stereocenters. The number of allylic oxidation sites excluding steroid dienone is 1. The van der Waals surface area contributed by atoms with Gasteiger partial charge in [0.25, 0.3) is 5.56 Å². The van der Waals surface area contributed by atoms with E-state index in [0.717, 1.165) is 40.2 Å². The average Bonchev–Trinajstić information content (AvgIpc) is 3.17. The maximum atomic E-state index is 13.7. The summed E-state index contributed by atoms with van der Waals surface area (Å²) in [7, 11) is 1.65. The van der Waals surface area contributed by atoms with Crippen molar-refractivity contribution in [1.29, 1.82) is 0 Å². The van der Waals surface area contributed by atoms with E-state index in [-0.39, 0.29) is 11.6 Å². The number of nitrogens with zero attached hydrogens (tertiary/aromatic N) is 2. The minimum absolute atomic E-state index is 0.000770. The van der Waals surface area contributed by atoms with Crippen molar-refractivity contribution in [1.82, 2.24) is 4.57 Å². The molecule has 0 N–H and O–H groups in total. The van der Waals surface area contributed by atoms with Crippen molar-refractivity contribution in [3.63, 3.8) is 0 Å². The highest BCUT2D eigenvalue weighted by atomic mass is 32.1. The third kappa shape index (κ3) is 3.36. The molecule has 2 heterocycles. The molecule has 0 saturated carbocycles. The minimum atomic E-state index is -0.140. The van der Waals surface area contributed by atoms with Gasteiger partial charge in [-0.3, -0.25) is 9.36 Å². The molecule has 0 spiro atoms. The zero-order valence-electron chi connectivity index (χ0n) is 18.2. The van der Waals surface area contributed by atoms with Gasteiger partial charge in [0, 0.05) is 5.56 Å². The van der Waals surface area contributed by atoms with Crippen molar-refractivity contribution in [3.05, 3.63) is 126 Å². The largest absolute Gasteiger partial charge is 0.497 e. The summed E-state index contributed by atoms with van der Waals surface area (Å²) in [6.07, 6.45) is 3.79. The number of benzene rings is 3. The molecule has 0 bridgehead atoms. The lowest BCUT2D eigenvalue weighted by Gasteiger charge is -2.30. The first-order valence-electron chi connectivity index (χ1n) is 11.0. The van der Waals surface area contributed by atoms with Gasteiger partial charge >= 0.3 is 0 Å². The number of rotatable bonds is 3. The summed E-state index contributed by atoms with van der Waals surface area (Å²) in [6.45, 7) is 0. The Labute approximate surface area is 195 Å². The van der Waals surface area contributed by atoms with Gasteiger partial charge in [0.1, 0.15) is 5.75 Å². The van der Waals surface area contributed by atoms with Crippen molar-refractivity contribution in [2.45, 2.75) is 18.9 Å². The Morgan fingerprint density at radius 1 is 1.00 bits per heavy atom.